The molecule has 0 fully saturated rings. The van der Waals surface area contributed by atoms with Gasteiger partial charge in [-0.1, -0.05) is 90.8 Å². The summed E-state index contributed by atoms with van der Waals surface area (Å²) >= 11 is 0. The normalized spacial score (nSPS) is 13.8. The Morgan fingerprint density at radius 3 is 1.01 bits per heavy atom. The lowest BCUT2D eigenvalue weighted by Crippen LogP contribution is -2.26. The number of nitrogens with zero attached hydrogens (tertiary/aromatic N) is 21. The second-order valence-corrected chi connectivity index (χ2v) is 24.4. The van der Waals surface area contributed by atoms with Crippen LogP contribution in [0, 0.1) is 41.5 Å². The number of unbranched alkanes of at least 4 members (excludes halogenated alkanes) is 2. The number of aromatic nitrogens is 12. The Balaban J connectivity index is 0.000000163. The molecule has 6 aromatic heterocycles. The number of benzene rings is 3. The third-order valence-corrected chi connectivity index (χ3v) is 16.7. The van der Waals surface area contributed by atoms with Crippen LogP contribution >= 0.6 is 0 Å². The molecule has 24 nitrogen and oxygen atoms in total. The molecule has 100 heavy (non-hydrogen) atoms. The van der Waals surface area contributed by atoms with Gasteiger partial charge in [0.25, 0.3) is 0 Å². The molecule has 0 amide bonds. The summed E-state index contributed by atoms with van der Waals surface area (Å²) in [6.07, 6.45) is 8.66. The molecule has 0 atom stereocenters. The predicted octanol–water partition coefficient (Wildman–Crippen LogP) is 14.5. The maximum Gasteiger partial charge on any atom is 0.204 e. The summed E-state index contributed by atoms with van der Waals surface area (Å²) in [4.78, 5) is 54.9. The van der Waals surface area contributed by atoms with Crippen molar-refractivity contribution < 1.29 is 14.2 Å². The van der Waals surface area contributed by atoms with E-state index in [-0.39, 0.29) is 0 Å². The second kappa shape index (κ2) is 34.2. The van der Waals surface area contributed by atoms with E-state index in [9.17, 15) is 0 Å². The van der Waals surface area contributed by atoms with Gasteiger partial charge < -0.3 is 28.9 Å². The molecule has 0 radical (unpaired) electrons. The zero-order valence-corrected chi connectivity index (χ0v) is 60.8. The molecule has 0 spiro atoms. The topological polar surface area (TPSA) is 242 Å². The molecule has 0 saturated heterocycles. The first-order valence-electron chi connectivity index (χ1n) is 35.3. The number of aryl methyl sites for hydroxylation is 6. The third kappa shape index (κ3) is 16.7. The molecular formula is C76H95N21O3. The Bertz CT molecular complexity index is 4480. The predicted molar refractivity (Wildman–Crippen MR) is 401 cm³/mol. The minimum absolute atomic E-state index is 0.612. The Labute approximate surface area is 587 Å². The smallest absolute Gasteiger partial charge is 0.204 e. The number of anilines is 3. The van der Waals surface area contributed by atoms with Gasteiger partial charge in [0.1, 0.15) is 69.0 Å². The van der Waals surface area contributed by atoms with Gasteiger partial charge in [0, 0.05) is 56.0 Å². The number of methoxy groups -OCH3 is 1. The highest BCUT2D eigenvalue weighted by Crippen LogP contribution is 2.33. The number of pyridine rings is 3. The molecule has 24 heteroatoms. The number of hydrogen-bond donors (Lipinski definition) is 0. The number of rotatable bonds is 28. The van der Waals surface area contributed by atoms with Crippen LogP contribution in [0.1, 0.15) is 175 Å². The monoisotopic (exact) mass is 1350 g/mol. The van der Waals surface area contributed by atoms with Crippen LogP contribution in [0.2, 0.25) is 0 Å². The van der Waals surface area contributed by atoms with Crippen LogP contribution in [0.25, 0.3) is 0 Å². The van der Waals surface area contributed by atoms with Crippen molar-refractivity contribution in [1.29, 1.82) is 0 Å². The van der Waals surface area contributed by atoms with Gasteiger partial charge in [0.15, 0.2) is 17.5 Å². The fourth-order valence-corrected chi connectivity index (χ4v) is 11.6. The van der Waals surface area contributed by atoms with Crippen LogP contribution in [0.4, 0.5) is 34.5 Å². The van der Waals surface area contributed by atoms with Gasteiger partial charge in [-0.3, -0.25) is 0 Å². The molecular weight excluding hydrogens is 1250 g/mol. The van der Waals surface area contributed by atoms with Gasteiger partial charge in [0.2, 0.25) is 17.5 Å². The minimum atomic E-state index is 0.612. The van der Waals surface area contributed by atoms with E-state index in [0.717, 1.165) is 163 Å². The molecule has 3 aliphatic heterocycles. The molecule has 0 unspecified atom stereocenters. The summed E-state index contributed by atoms with van der Waals surface area (Å²) in [5.41, 5.74) is 11.6. The number of aliphatic imine (C=N–C) groups is 3. The average molecular weight is 1350 g/mol. The molecule has 3 aliphatic rings. The highest BCUT2D eigenvalue weighted by atomic mass is 16.5. The van der Waals surface area contributed by atoms with Crippen LogP contribution in [-0.2, 0) is 0 Å². The van der Waals surface area contributed by atoms with Crippen LogP contribution in [0.3, 0.4) is 0 Å². The number of para-hydroxylation sites is 3. The summed E-state index contributed by atoms with van der Waals surface area (Å²) in [5, 5.41) is 27.4. The Morgan fingerprint density at radius 2 is 0.690 bits per heavy atom. The molecule has 522 valence electrons. The lowest BCUT2D eigenvalue weighted by atomic mass is 10.0. The lowest BCUT2D eigenvalue weighted by molar-refractivity contribution is 0.317. The fourth-order valence-electron chi connectivity index (χ4n) is 11.6. The van der Waals surface area contributed by atoms with Gasteiger partial charge in [-0.25, -0.2) is 44.9 Å². The number of hydrogen-bond acceptors (Lipinski definition) is 21. The van der Waals surface area contributed by atoms with Crippen LogP contribution in [-0.4, -0.2) is 153 Å². The first-order valence-corrected chi connectivity index (χ1v) is 35.3. The highest BCUT2D eigenvalue weighted by molar-refractivity contribution is 6.56. The lowest BCUT2D eigenvalue weighted by Gasteiger charge is -2.24. The Hall–Kier alpha value is -10.7. The summed E-state index contributed by atoms with van der Waals surface area (Å²) in [6.45, 7) is 35.9. The minimum Gasteiger partial charge on any atom is -0.496 e. The van der Waals surface area contributed by atoms with Gasteiger partial charge >= 0.3 is 0 Å². The first kappa shape index (κ1) is 72.1. The van der Waals surface area contributed by atoms with Crippen molar-refractivity contribution in [2.45, 2.75) is 148 Å². The van der Waals surface area contributed by atoms with Crippen molar-refractivity contribution >= 4 is 68.8 Å². The molecule has 3 aromatic carbocycles. The quantitative estimate of drug-likeness (QED) is 0.0443. The van der Waals surface area contributed by atoms with Crippen LogP contribution < -0.4 is 28.9 Å². The second-order valence-electron chi connectivity index (χ2n) is 24.4. The van der Waals surface area contributed by atoms with E-state index in [1.807, 2.05) is 133 Å². The van der Waals surface area contributed by atoms with Crippen LogP contribution in [0.15, 0.2) is 139 Å². The fraction of sp³-hybridized carbons (Fsp3) is 0.408. The Kier molecular flexibility index (Phi) is 24.7. The SMILES string of the molecule is CCCCN(CCCC)c1ccc(N=C2C(c3ccccc3OCCC)=Nn3nc(C)nc32)c(C)n1.CCCOc1ccccc1C1=Nn2nc(C)nc2C1=Nc1ccc(N(CCC)CCC)nc1C.CCN(CC)c1ccc(N=C2C(c3ccccc3OC)=Nn3nc(C)nc32)c(C)n1. The van der Waals surface area contributed by atoms with Crippen molar-refractivity contribution in [1.82, 2.24) is 59.6 Å². The standard InChI is InChI=1S/C28H37N7O.C26H33N7O.C22H25N7O/c1-6-9-17-34(18-10-7-2)25-16-15-23(20(4)29-25)31-27-26(33-35-28(27)30-21(5)32-35)22-13-11-12-14-24(22)36-19-8-3;1-6-15-32(16-7-2)23-14-13-21(18(4)27-23)29-25-24(31-33-26(25)28-19(5)30-33)20-11-9-10-12-22(20)34-17-8-3;1-6-28(7-2)19-13-12-17(14(3)23-19)25-21-20(16-10-8-9-11-18(16)30-5)27-29-22(21)24-15(4)26-29/h11-16H,6-10,17-19H2,1-5H3;9-14H,6-8,15-17H2,1-5H3;8-13H,6-7H2,1-5H3. The van der Waals surface area contributed by atoms with Crippen molar-refractivity contribution in [3.05, 3.63) is 178 Å². The summed E-state index contributed by atoms with van der Waals surface area (Å²) in [7, 11) is 1.64. The zero-order chi connectivity index (χ0) is 70.8. The number of ether oxygens (including phenoxy) is 3. The average Bonchev–Trinajstić information content (AvgIpc) is 1.62. The van der Waals surface area contributed by atoms with E-state index < -0.39 is 0 Å². The van der Waals surface area contributed by atoms with Crippen molar-refractivity contribution in [3.8, 4) is 17.2 Å². The summed E-state index contributed by atoms with van der Waals surface area (Å²) < 4.78 is 17.6. The molecule has 9 aromatic rings. The van der Waals surface area contributed by atoms with E-state index in [2.05, 4.69) is 124 Å². The van der Waals surface area contributed by atoms with Crippen molar-refractivity contribution in [2.75, 3.05) is 74.3 Å². The van der Waals surface area contributed by atoms with E-state index in [4.69, 9.17) is 54.3 Å². The maximum atomic E-state index is 6.02. The molecule has 12 rings (SSSR count). The van der Waals surface area contributed by atoms with Gasteiger partial charge in [-0.2, -0.15) is 0 Å². The van der Waals surface area contributed by atoms with Gasteiger partial charge in [0.05, 0.1) is 54.5 Å². The first-order chi connectivity index (χ1) is 48.6. The van der Waals surface area contributed by atoms with Gasteiger partial charge in [-0.05, 0) is 167 Å². The summed E-state index contributed by atoms with van der Waals surface area (Å²) in [5.74, 6) is 9.04. The van der Waals surface area contributed by atoms with Crippen molar-refractivity contribution in [2.24, 2.45) is 30.3 Å². The number of fused-ring (bicyclic) bond motifs is 3. The van der Waals surface area contributed by atoms with E-state index in [1.54, 1.807) is 16.7 Å². The maximum absolute atomic E-state index is 6.02. The van der Waals surface area contributed by atoms with E-state index in [1.165, 1.54) is 17.6 Å². The zero-order valence-electron chi connectivity index (χ0n) is 60.8. The highest BCUT2D eigenvalue weighted by Gasteiger charge is 2.33. The van der Waals surface area contributed by atoms with E-state index >= 15 is 0 Å². The molecule has 0 bridgehead atoms. The van der Waals surface area contributed by atoms with E-state index in [0.29, 0.717) is 82.4 Å². The third-order valence-electron chi connectivity index (χ3n) is 16.7. The van der Waals surface area contributed by atoms with Gasteiger partial charge in [-0.15, -0.1) is 45.0 Å². The molecule has 0 aliphatic carbocycles. The molecule has 0 N–H and O–H groups in total. The summed E-state index contributed by atoms with van der Waals surface area (Å²) in [6, 6.07) is 35.8. The Morgan fingerprint density at radius 1 is 0.360 bits per heavy atom. The van der Waals surface area contributed by atoms with Crippen molar-refractivity contribution in [3.63, 3.8) is 0 Å². The largest absolute Gasteiger partial charge is 0.496 e. The molecule has 0 saturated carbocycles. The van der Waals surface area contributed by atoms with Crippen LogP contribution in [0.5, 0.6) is 17.2 Å². The molecule has 9 heterocycles.